The van der Waals surface area contributed by atoms with Crippen molar-refractivity contribution in [1.82, 2.24) is 14.5 Å². The Labute approximate surface area is 99.9 Å². The molecule has 0 radical (unpaired) electrons. The number of hydrogen-bond acceptors (Lipinski definition) is 3. The van der Waals surface area contributed by atoms with Gasteiger partial charge in [0, 0.05) is 31.4 Å². The number of imidazole rings is 1. The first-order valence-electron chi connectivity index (χ1n) is 5.47. The Morgan fingerprint density at radius 1 is 1.47 bits per heavy atom. The highest BCUT2D eigenvalue weighted by Gasteiger charge is 2.19. The lowest BCUT2D eigenvalue weighted by atomic mass is 10.2. The highest BCUT2D eigenvalue weighted by atomic mass is 16.4. The maximum absolute atomic E-state index is 11.8. The number of aryl methyl sites for hydroxylation is 1. The molecule has 0 fully saturated rings. The molecule has 6 nitrogen and oxygen atoms in total. The molecule has 0 saturated carbocycles. The molecule has 0 bridgehead atoms. The Morgan fingerprint density at radius 3 is 2.65 bits per heavy atom. The van der Waals surface area contributed by atoms with Gasteiger partial charge in [0.2, 0.25) is 5.91 Å². The first kappa shape index (κ1) is 13.2. The molecule has 6 heteroatoms. The van der Waals surface area contributed by atoms with Crippen molar-refractivity contribution in [3.8, 4) is 0 Å². The third-order valence-electron chi connectivity index (χ3n) is 2.39. The zero-order valence-electron chi connectivity index (χ0n) is 10.0. The molecule has 1 rings (SSSR count). The van der Waals surface area contributed by atoms with Crippen molar-refractivity contribution < 1.29 is 14.7 Å². The molecule has 0 unspecified atom stereocenters. The molecular formula is C11H17N3O3. The van der Waals surface area contributed by atoms with Gasteiger partial charge in [-0.05, 0) is 13.8 Å². The van der Waals surface area contributed by atoms with E-state index in [1.807, 2.05) is 0 Å². The van der Waals surface area contributed by atoms with E-state index in [2.05, 4.69) is 4.98 Å². The summed E-state index contributed by atoms with van der Waals surface area (Å²) in [5, 5.41) is 8.72. The molecule has 0 spiro atoms. The molecule has 0 aliphatic rings. The number of carboxylic acids is 1. The van der Waals surface area contributed by atoms with Gasteiger partial charge in [0.15, 0.2) is 0 Å². The van der Waals surface area contributed by atoms with E-state index in [-0.39, 0.29) is 24.9 Å². The topological polar surface area (TPSA) is 75.4 Å². The Balaban J connectivity index is 2.50. The van der Waals surface area contributed by atoms with Crippen LogP contribution in [-0.4, -0.2) is 44.0 Å². The molecule has 94 valence electrons. The van der Waals surface area contributed by atoms with Crippen molar-refractivity contribution in [3.63, 3.8) is 0 Å². The third-order valence-corrected chi connectivity index (χ3v) is 2.39. The molecule has 0 aliphatic carbocycles. The van der Waals surface area contributed by atoms with E-state index in [0.717, 1.165) is 0 Å². The molecular weight excluding hydrogens is 222 g/mol. The second kappa shape index (κ2) is 6.03. The molecule has 1 heterocycles. The summed E-state index contributed by atoms with van der Waals surface area (Å²) in [6.45, 7) is 3.87. The maximum atomic E-state index is 11.8. The first-order valence-corrected chi connectivity index (χ1v) is 5.47. The van der Waals surface area contributed by atoms with E-state index in [9.17, 15) is 9.59 Å². The van der Waals surface area contributed by atoms with Gasteiger partial charge in [-0.2, -0.15) is 0 Å². The van der Waals surface area contributed by atoms with Crippen molar-refractivity contribution in [2.45, 2.75) is 32.9 Å². The van der Waals surface area contributed by atoms with Crippen LogP contribution in [0.1, 0.15) is 20.3 Å². The van der Waals surface area contributed by atoms with E-state index in [4.69, 9.17) is 5.11 Å². The first-order chi connectivity index (χ1) is 8.00. The average Bonchev–Trinajstić information content (AvgIpc) is 2.74. The fraction of sp³-hybridized carbons (Fsp3) is 0.545. The van der Waals surface area contributed by atoms with E-state index in [1.54, 1.807) is 37.1 Å². The molecule has 1 aromatic rings. The molecule has 1 aromatic heterocycles. The standard InChI is InChI=1S/C11H17N3O3/c1-9(2)14(7-11(16)17)10(15)3-5-13-6-4-12-8-13/h4,6,8-9H,3,5,7H2,1-2H3,(H,16,17). The van der Waals surface area contributed by atoms with Crippen molar-refractivity contribution in [3.05, 3.63) is 18.7 Å². The fourth-order valence-electron chi connectivity index (χ4n) is 1.49. The summed E-state index contributed by atoms with van der Waals surface area (Å²) in [5.41, 5.74) is 0. The molecule has 17 heavy (non-hydrogen) atoms. The Morgan fingerprint density at radius 2 is 2.18 bits per heavy atom. The van der Waals surface area contributed by atoms with Crippen LogP contribution in [0.15, 0.2) is 18.7 Å². The highest BCUT2D eigenvalue weighted by Crippen LogP contribution is 2.03. The summed E-state index contributed by atoms with van der Waals surface area (Å²) in [5.74, 6) is -1.15. The Bertz CT molecular complexity index is 373. The molecule has 1 N–H and O–H groups in total. The van der Waals surface area contributed by atoms with Gasteiger partial charge < -0.3 is 14.6 Å². The predicted octanol–water partition coefficient (Wildman–Crippen LogP) is 0.595. The minimum atomic E-state index is -0.991. The zero-order valence-corrected chi connectivity index (χ0v) is 10.0. The number of nitrogens with zero attached hydrogens (tertiary/aromatic N) is 3. The zero-order chi connectivity index (χ0) is 12.8. The number of carboxylic acid groups (broad SMARTS) is 1. The van der Waals surface area contributed by atoms with Gasteiger partial charge in [0.25, 0.3) is 0 Å². The summed E-state index contributed by atoms with van der Waals surface area (Å²) < 4.78 is 1.79. The highest BCUT2D eigenvalue weighted by molar-refractivity contribution is 5.81. The van der Waals surface area contributed by atoms with E-state index >= 15 is 0 Å². The van der Waals surface area contributed by atoms with Crippen LogP contribution < -0.4 is 0 Å². The second-order valence-electron chi connectivity index (χ2n) is 4.06. The SMILES string of the molecule is CC(C)N(CC(=O)O)C(=O)CCn1ccnc1. The molecule has 0 aliphatic heterocycles. The average molecular weight is 239 g/mol. The molecule has 0 saturated heterocycles. The quantitative estimate of drug-likeness (QED) is 0.788. The largest absolute Gasteiger partial charge is 0.480 e. The lowest BCUT2D eigenvalue weighted by Gasteiger charge is -2.24. The van der Waals surface area contributed by atoms with Crippen LogP contribution in [0.4, 0.5) is 0 Å². The molecule has 0 aromatic carbocycles. The smallest absolute Gasteiger partial charge is 0.323 e. The number of carbonyl (C=O) groups is 2. The van der Waals surface area contributed by atoms with Crippen LogP contribution in [0.5, 0.6) is 0 Å². The van der Waals surface area contributed by atoms with Gasteiger partial charge in [-0.3, -0.25) is 9.59 Å². The van der Waals surface area contributed by atoms with Gasteiger partial charge >= 0.3 is 5.97 Å². The van der Waals surface area contributed by atoms with Crippen molar-refractivity contribution in [2.75, 3.05) is 6.54 Å². The van der Waals surface area contributed by atoms with Crippen LogP contribution >= 0.6 is 0 Å². The fourth-order valence-corrected chi connectivity index (χ4v) is 1.49. The summed E-state index contributed by atoms with van der Waals surface area (Å²) in [4.78, 5) is 27.7. The van der Waals surface area contributed by atoms with Gasteiger partial charge in [-0.15, -0.1) is 0 Å². The third kappa shape index (κ3) is 4.26. The number of aromatic nitrogens is 2. The van der Waals surface area contributed by atoms with Crippen LogP contribution in [0, 0.1) is 0 Å². The van der Waals surface area contributed by atoms with Crippen molar-refractivity contribution in [1.29, 1.82) is 0 Å². The normalized spacial score (nSPS) is 10.5. The van der Waals surface area contributed by atoms with Crippen LogP contribution in [0.3, 0.4) is 0 Å². The van der Waals surface area contributed by atoms with Gasteiger partial charge in [0.1, 0.15) is 6.54 Å². The maximum Gasteiger partial charge on any atom is 0.323 e. The number of amides is 1. The van der Waals surface area contributed by atoms with Gasteiger partial charge in [-0.25, -0.2) is 4.98 Å². The van der Waals surface area contributed by atoms with Crippen LogP contribution in [-0.2, 0) is 16.1 Å². The van der Waals surface area contributed by atoms with Gasteiger partial charge in [-0.1, -0.05) is 0 Å². The lowest BCUT2D eigenvalue weighted by molar-refractivity contribution is -0.145. The van der Waals surface area contributed by atoms with Crippen molar-refractivity contribution in [2.24, 2.45) is 0 Å². The van der Waals surface area contributed by atoms with E-state index in [1.165, 1.54) is 4.90 Å². The Hall–Kier alpha value is -1.85. The van der Waals surface area contributed by atoms with Crippen molar-refractivity contribution >= 4 is 11.9 Å². The second-order valence-corrected chi connectivity index (χ2v) is 4.06. The number of aliphatic carboxylic acids is 1. The summed E-state index contributed by atoms with van der Waals surface area (Å²) in [6.07, 6.45) is 5.32. The predicted molar refractivity (Wildman–Crippen MR) is 61.3 cm³/mol. The van der Waals surface area contributed by atoms with Crippen LogP contribution in [0.2, 0.25) is 0 Å². The number of rotatable bonds is 6. The number of carbonyl (C=O) groups excluding carboxylic acids is 1. The monoisotopic (exact) mass is 239 g/mol. The van der Waals surface area contributed by atoms with Gasteiger partial charge in [0.05, 0.1) is 6.33 Å². The minimum Gasteiger partial charge on any atom is -0.480 e. The summed E-state index contributed by atoms with van der Waals surface area (Å²) in [6, 6.07) is -0.110. The summed E-state index contributed by atoms with van der Waals surface area (Å²) in [7, 11) is 0. The lowest BCUT2D eigenvalue weighted by Crippen LogP contribution is -2.40. The minimum absolute atomic E-state index is 0.110. The molecule has 1 amide bonds. The van der Waals surface area contributed by atoms with Crippen LogP contribution in [0.25, 0.3) is 0 Å². The summed E-state index contributed by atoms with van der Waals surface area (Å²) >= 11 is 0. The Kier molecular flexibility index (Phi) is 4.68. The molecule has 0 atom stereocenters. The van der Waals surface area contributed by atoms with E-state index < -0.39 is 5.97 Å². The number of hydrogen-bond donors (Lipinski definition) is 1. The van der Waals surface area contributed by atoms with E-state index in [0.29, 0.717) is 6.54 Å².